The molecule has 1 aromatic carbocycles. The molecule has 5 nitrogen and oxygen atoms in total. The van der Waals surface area contributed by atoms with Gasteiger partial charge in [-0.2, -0.15) is 0 Å². The maximum absolute atomic E-state index is 12.7. The minimum absolute atomic E-state index is 0.0130. The van der Waals surface area contributed by atoms with E-state index in [9.17, 15) is 9.90 Å². The van der Waals surface area contributed by atoms with Gasteiger partial charge in [0.1, 0.15) is 5.82 Å². The Hall–Kier alpha value is -1.88. The second kappa shape index (κ2) is 4.59. The van der Waals surface area contributed by atoms with Gasteiger partial charge in [0.05, 0.1) is 29.1 Å². The third-order valence-electron chi connectivity index (χ3n) is 3.99. The molecule has 0 bridgehead atoms. The number of rotatable bonds is 3. The zero-order valence-corrected chi connectivity index (χ0v) is 11.9. The number of aliphatic hydroxyl groups excluding tert-OH is 1. The Kier molecular flexibility index (Phi) is 3.01. The monoisotopic (exact) mass is 273 g/mol. The SMILES string of the molecule is CCc1nc2ccccc2c(=O)n1N1[C@H]([C@@H](C)O)[C@@H]1C. The summed E-state index contributed by atoms with van der Waals surface area (Å²) in [7, 11) is 0. The molecule has 0 unspecified atom stereocenters. The highest BCUT2D eigenvalue weighted by Gasteiger charge is 2.49. The van der Waals surface area contributed by atoms with Crippen LogP contribution in [-0.2, 0) is 6.42 Å². The van der Waals surface area contributed by atoms with Crippen LogP contribution in [0, 0.1) is 0 Å². The molecule has 3 rings (SSSR count). The fourth-order valence-electron chi connectivity index (χ4n) is 2.93. The first-order valence-electron chi connectivity index (χ1n) is 7.03. The van der Waals surface area contributed by atoms with Gasteiger partial charge in [0.15, 0.2) is 0 Å². The minimum Gasteiger partial charge on any atom is -0.391 e. The van der Waals surface area contributed by atoms with E-state index in [4.69, 9.17) is 0 Å². The van der Waals surface area contributed by atoms with Gasteiger partial charge in [-0.1, -0.05) is 19.1 Å². The summed E-state index contributed by atoms with van der Waals surface area (Å²) in [5.41, 5.74) is 0.677. The second-order valence-electron chi connectivity index (χ2n) is 5.37. The molecule has 2 heterocycles. The Bertz CT molecular complexity index is 708. The second-order valence-corrected chi connectivity index (χ2v) is 5.37. The average molecular weight is 273 g/mol. The van der Waals surface area contributed by atoms with Crippen LogP contribution in [0.4, 0.5) is 0 Å². The van der Waals surface area contributed by atoms with Crippen LogP contribution in [0.5, 0.6) is 0 Å². The number of aromatic nitrogens is 2. The van der Waals surface area contributed by atoms with E-state index in [1.54, 1.807) is 17.7 Å². The maximum Gasteiger partial charge on any atom is 0.280 e. The first-order valence-corrected chi connectivity index (χ1v) is 7.03. The summed E-state index contributed by atoms with van der Waals surface area (Å²) in [5, 5.41) is 12.3. The standard InChI is InChI=1S/C15H19N3O2/c1-4-13-16-12-8-6-5-7-11(12)15(20)18(13)17-9(2)14(17)10(3)19/h5-10,14,19H,4H2,1-3H3/t9-,10+,14-,17?/m0/s1. The van der Waals surface area contributed by atoms with Crippen molar-refractivity contribution in [1.82, 2.24) is 9.66 Å². The van der Waals surface area contributed by atoms with Gasteiger partial charge >= 0.3 is 0 Å². The van der Waals surface area contributed by atoms with E-state index in [0.29, 0.717) is 11.8 Å². The third kappa shape index (κ3) is 1.81. The summed E-state index contributed by atoms with van der Waals surface area (Å²) in [6.45, 7) is 5.75. The maximum atomic E-state index is 12.7. The molecule has 1 aliphatic heterocycles. The smallest absolute Gasteiger partial charge is 0.280 e. The fraction of sp³-hybridized carbons (Fsp3) is 0.467. The molecule has 0 saturated carbocycles. The van der Waals surface area contributed by atoms with Crippen molar-refractivity contribution in [3.63, 3.8) is 0 Å². The van der Waals surface area contributed by atoms with E-state index < -0.39 is 6.10 Å². The summed E-state index contributed by atoms with van der Waals surface area (Å²) in [4.78, 5) is 17.3. The van der Waals surface area contributed by atoms with Crippen molar-refractivity contribution >= 4 is 10.9 Å². The summed E-state index contributed by atoms with van der Waals surface area (Å²) in [6.07, 6.45) is 0.212. The summed E-state index contributed by atoms with van der Waals surface area (Å²) >= 11 is 0. The highest BCUT2D eigenvalue weighted by atomic mass is 16.3. The number of nitrogens with zero attached hydrogens (tertiary/aromatic N) is 3. The summed E-state index contributed by atoms with van der Waals surface area (Å²) in [5.74, 6) is 0.740. The van der Waals surface area contributed by atoms with Crippen LogP contribution < -0.4 is 10.6 Å². The van der Waals surface area contributed by atoms with E-state index in [-0.39, 0.29) is 17.6 Å². The molecule has 1 saturated heterocycles. The number of hydrogen-bond donors (Lipinski definition) is 1. The Morgan fingerprint density at radius 1 is 1.40 bits per heavy atom. The minimum atomic E-state index is -0.465. The van der Waals surface area contributed by atoms with Gasteiger partial charge in [0.2, 0.25) is 0 Å². The molecule has 106 valence electrons. The Morgan fingerprint density at radius 2 is 2.10 bits per heavy atom. The Morgan fingerprint density at radius 3 is 2.70 bits per heavy atom. The summed E-state index contributed by atoms with van der Waals surface area (Å²) in [6, 6.07) is 7.53. The number of hydrogen-bond acceptors (Lipinski definition) is 4. The molecule has 3 atom stereocenters. The van der Waals surface area contributed by atoms with Crippen molar-refractivity contribution in [2.45, 2.75) is 45.4 Å². The zero-order valence-electron chi connectivity index (χ0n) is 11.9. The van der Waals surface area contributed by atoms with Gasteiger partial charge in [-0.05, 0) is 26.0 Å². The first kappa shape index (κ1) is 13.1. The van der Waals surface area contributed by atoms with Gasteiger partial charge in [0.25, 0.3) is 5.56 Å². The van der Waals surface area contributed by atoms with E-state index in [1.807, 2.05) is 37.1 Å². The topological polar surface area (TPSA) is 58.1 Å². The highest BCUT2D eigenvalue weighted by Crippen LogP contribution is 2.28. The lowest BCUT2D eigenvalue weighted by Gasteiger charge is -2.16. The molecule has 0 aliphatic carbocycles. The Labute approximate surface area is 117 Å². The molecule has 1 fully saturated rings. The largest absolute Gasteiger partial charge is 0.391 e. The molecule has 0 radical (unpaired) electrons. The zero-order chi connectivity index (χ0) is 14.4. The van der Waals surface area contributed by atoms with Crippen molar-refractivity contribution in [1.29, 1.82) is 0 Å². The molecule has 1 aliphatic rings. The van der Waals surface area contributed by atoms with Gasteiger partial charge in [-0.15, -0.1) is 0 Å². The fourth-order valence-corrected chi connectivity index (χ4v) is 2.93. The van der Waals surface area contributed by atoms with E-state index >= 15 is 0 Å². The van der Waals surface area contributed by atoms with Gasteiger partial charge in [-0.25, -0.2) is 9.66 Å². The van der Waals surface area contributed by atoms with Crippen molar-refractivity contribution < 1.29 is 5.11 Å². The molecule has 5 heteroatoms. The molecular formula is C15H19N3O2. The van der Waals surface area contributed by atoms with Crippen LogP contribution in [-0.4, -0.2) is 33.0 Å². The number of aliphatic hydroxyl groups is 1. The molecular weight excluding hydrogens is 254 g/mol. The lowest BCUT2D eigenvalue weighted by Crippen LogP contribution is -2.36. The van der Waals surface area contributed by atoms with Gasteiger partial charge in [0, 0.05) is 6.42 Å². The molecule has 1 N–H and O–H groups in total. The first-order chi connectivity index (χ1) is 9.56. The molecule has 20 heavy (non-hydrogen) atoms. The van der Waals surface area contributed by atoms with Gasteiger partial charge in [-0.3, -0.25) is 9.80 Å². The van der Waals surface area contributed by atoms with Crippen molar-refractivity contribution in [3.05, 3.63) is 40.4 Å². The van der Waals surface area contributed by atoms with Crippen LogP contribution >= 0.6 is 0 Å². The molecule has 0 spiro atoms. The van der Waals surface area contributed by atoms with Crippen molar-refractivity contribution in [2.24, 2.45) is 0 Å². The predicted octanol–water partition coefficient (Wildman–Crippen LogP) is 1.05. The number of fused-ring (bicyclic) bond motifs is 1. The lowest BCUT2D eigenvalue weighted by atomic mass is 10.2. The third-order valence-corrected chi connectivity index (χ3v) is 3.99. The number of benzene rings is 1. The molecule has 0 amide bonds. The number of aryl methyl sites for hydroxylation is 1. The van der Waals surface area contributed by atoms with E-state index in [0.717, 1.165) is 11.3 Å². The molecule has 1 aromatic heterocycles. The normalized spacial score (nSPS) is 23.1. The Balaban J connectivity index is 2.20. The van der Waals surface area contributed by atoms with Crippen molar-refractivity contribution in [2.75, 3.05) is 5.01 Å². The summed E-state index contributed by atoms with van der Waals surface area (Å²) < 4.78 is 1.64. The van der Waals surface area contributed by atoms with Crippen LogP contribution in [0.3, 0.4) is 0 Å². The van der Waals surface area contributed by atoms with Crippen LogP contribution in [0.2, 0.25) is 0 Å². The van der Waals surface area contributed by atoms with Crippen LogP contribution in [0.25, 0.3) is 10.9 Å². The van der Waals surface area contributed by atoms with E-state index in [1.165, 1.54) is 0 Å². The average Bonchev–Trinajstić information content (AvgIpc) is 3.09. The highest BCUT2D eigenvalue weighted by molar-refractivity contribution is 5.77. The molecule has 2 aromatic rings. The van der Waals surface area contributed by atoms with Crippen molar-refractivity contribution in [3.8, 4) is 0 Å². The van der Waals surface area contributed by atoms with Crippen LogP contribution in [0.1, 0.15) is 26.6 Å². The van der Waals surface area contributed by atoms with Gasteiger partial charge < -0.3 is 5.11 Å². The number of para-hydroxylation sites is 1. The quantitative estimate of drug-likeness (QED) is 0.849. The van der Waals surface area contributed by atoms with Crippen LogP contribution in [0.15, 0.2) is 29.1 Å². The van der Waals surface area contributed by atoms with E-state index in [2.05, 4.69) is 4.98 Å². The predicted molar refractivity (Wildman–Crippen MR) is 78.5 cm³/mol. The lowest BCUT2D eigenvalue weighted by molar-refractivity contribution is 0.191.